The molecular weight excluding hydrogens is 396 g/mol. The van der Waals surface area contributed by atoms with Crippen LogP contribution in [0.25, 0.3) is 10.9 Å². The van der Waals surface area contributed by atoms with Crippen molar-refractivity contribution in [3.05, 3.63) is 64.3 Å². The number of aryl methyl sites for hydroxylation is 1. The molecule has 154 valence electrons. The Morgan fingerprint density at radius 3 is 2.57 bits per heavy atom. The number of likely N-dealkylation sites (N-methyl/N-ethyl adjacent to an activating group) is 1. The lowest BCUT2D eigenvalue weighted by Crippen LogP contribution is -2.44. The number of benzene rings is 2. The van der Waals surface area contributed by atoms with Crippen LogP contribution in [0.5, 0.6) is 0 Å². The maximum Gasteiger partial charge on any atom is 0.256 e. The van der Waals surface area contributed by atoms with E-state index in [1.807, 2.05) is 30.3 Å². The van der Waals surface area contributed by atoms with E-state index in [0.29, 0.717) is 5.02 Å². The number of hydrogen-bond acceptors (Lipinski definition) is 4. The Hall–Kier alpha value is -2.63. The Labute approximate surface area is 181 Å². The summed E-state index contributed by atoms with van der Waals surface area (Å²) in [6, 6.07) is 13.7. The van der Waals surface area contributed by atoms with Gasteiger partial charge in [-0.15, -0.1) is 0 Å². The predicted octanol–water partition coefficient (Wildman–Crippen LogP) is 4.38. The van der Waals surface area contributed by atoms with Crippen molar-refractivity contribution < 1.29 is 4.79 Å². The third-order valence-corrected chi connectivity index (χ3v) is 6.43. The molecule has 30 heavy (non-hydrogen) atoms. The summed E-state index contributed by atoms with van der Waals surface area (Å²) in [6.45, 7) is 4.19. The highest BCUT2D eigenvalue weighted by atomic mass is 35.5. The number of halogens is 1. The van der Waals surface area contributed by atoms with Gasteiger partial charge in [0, 0.05) is 53.7 Å². The first-order valence-corrected chi connectivity index (χ1v) is 10.9. The van der Waals surface area contributed by atoms with Crippen molar-refractivity contribution >= 4 is 39.8 Å². The number of fused-ring (bicyclic) bond motifs is 2. The lowest BCUT2D eigenvalue weighted by Gasteiger charge is -2.34. The van der Waals surface area contributed by atoms with Gasteiger partial charge >= 0.3 is 0 Å². The van der Waals surface area contributed by atoms with Gasteiger partial charge in [0.1, 0.15) is 0 Å². The quantitative estimate of drug-likeness (QED) is 0.683. The molecular formula is C24H25ClN4O. The predicted molar refractivity (Wildman–Crippen MR) is 123 cm³/mol. The number of rotatable bonds is 3. The second-order valence-electron chi connectivity index (χ2n) is 8.22. The van der Waals surface area contributed by atoms with Gasteiger partial charge < -0.3 is 15.1 Å². The van der Waals surface area contributed by atoms with Crippen molar-refractivity contribution in [3.63, 3.8) is 0 Å². The number of amides is 1. The number of nitrogens with one attached hydrogen (secondary N) is 1. The number of hydrogen-bond donors (Lipinski definition) is 1. The Morgan fingerprint density at radius 1 is 1.03 bits per heavy atom. The first-order valence-electron chi connectivity index (χ1n) is 10.5. The molecule has 1 aliphatic carbocycles. The van der Waals surface area contributed by atoms with E-state index in [0.717, 1.165) is 78.9 Å². The van der Waals surface area contributed by atoms with Crippen molar-refractivity contribution in [1.82, 2.24) is 9.88 Å². The van der Waals surface area contributed by atoms with Crippen LogP contribution >= 0.6 is 11.6 Å². The number of pyridine rings is 1. The van der Waals surface area contributed by atoms with E-state index in [-0.39, 0.29) is 5.91 Å². The van der Waals surface area contributed by atoms with Crippen molar-refractivity contribution in [3.8, 4) is 0 Å². The van der Waals surface area contributed by atoms with Gasteiger partial charge in [-0.05, 0) is 74.3 Å². The summed E-state index contributed by atoms with van der Waals surface area (Å²) in [7, 11) is 2.16. The Kier molecular flexibility index (Phi) is 5.09. The van der Waals surface area contributed by atoms with E-state index in [4.69, 9.17) is 16.6 Å². The molecule has 3 aromatic rings. The summed E-state index contributed by atoms with van der Waals surface area (Å²) in [5.74, 6) is -0.0878. The Morgan fingerprint density at radius 2 is 1.80 bits per heavy atom. The second kappa shape index (κ2) is 7.89. The molecule has 5 rings (SSSR count). The van der Waals surface area contributed by atoms with Gasteiger partial charge in [0.05, 0.1) is 11.1 Å². The average Bonchev–Trinajstić information content (AvgIpc) is 3.21. The van der Waals surface area contributed by atoms with Gasteiger partial charge in [0.2, 0.25) is 0 Å². The molecule has 1 amide bonds. The topological polar surface area (TPSA) is 48.5 Å². The molecule has 0 unspecified atom stereocenters. The van der Waals surface area contributed by atoms with Crippen LogP contribution in [-0.2, 0) is 12.8 Å². The minimum atomic E-state index is -0.0878. The van der Waals surface area contributed by atoms with Gasteiger partial charge in [0.25, 0.3) is 5.91 Å². The number of carbonyl (C=O) groups excluding carboxylic acids is 1. The second-order valence-corrected chi connectivity index (χ2v) is 8.65. The standard InChI is InChI=1S/C24H25ClN4O/c1-28-11-13-29(14-12-28)18-8-6-17(7-9-18)26-24(30)23-19-3-2-4-21(19)27-22-10-5-16(25)15-20(22)23/h5-10,15H,2-4,11-14H2,1H3,(H,26,30). The normalized spacial score (nSPS) is 16.7. The molecule has 0 saturated carbocycles. The summed E-state index contributed by atoms with van der Waals surface area (Å²) in [4.78, 5) is 22.8. The number of anilines is 2. The maximum atomic E-state index is 13.3. The van der Waals surface area contributed by atoms with E-state index in [1.165, 1.54) is 5.69 Å². The lowest BCUT2D eigenvalue weighted by atomic mass is 10.0. The van der Waals surface area contributed by atoms with Gasteiger partial charge in [-0.2, -0.15) is 0 Å². The van der Waals surface area contributed by atoms with E-state index in [1.54, 1.807) is 0 Å². The Bertz CT molecular complexity index is 1100. The van der Waals surface area contributed by atoms with E-state index in [9.17, 15) is 4.79 Å². The molecule has 1 saturated heterocycles. The highest BCUT2D eigenvalue weighted by Gasteiger charge is 2.24. The van der Waals surface area contributed by atoms with E-state index in [2.05, 4.69) is 34.3 Å². The maximum absolute atomic E-state index is 13.3. The average molecular weight is 421 g/mol. The number of aromatic nitrogens is 1. The molecule has 1 fully saturated rings. The van der Waals surface area contributed by atoms with Crippen LogP contribution in [0.4, 0.5) is 11.4 Å². The molecule has 2 aliphatic rings. The third-order valence-electron chi connectivity index (χ3n) is 6.19. The zero-order chi connectivity index (χ0) is 20.7. The molecule has 0 atom stereocenters. The minimum absolute atomic E-state index is 0.0878. The number of piperazine rings is 1. The molecule has 1 N–H and O–H groups in total. The van der Waals surface area contributed by atoms with Crippen LogP contribution in [0.1, 0.15) is 28.0 Å². The zero-order valence-electron chi connectivity index (χ0n) is 17.1. The molecule has 1 aliphatic heterocycles. The first-order chi connectivity index (χ1) is 14.6. The molecule has 0 radical (unpaired) electrons. The third kappa shape index (κ3) is 3.64. The zero-order valence-corrected chi connectivity index (χ0v) is 17.9. The van der Waals surface area contributed by atoms with Crippen molar-refractivity contribution in [2.24, 2.45) is 0 Å². The fourth-order valence-electron chi connectivity index (χ4n) is 4.51. The van der Waals surface area contributed by atoms with Gasteiger partial charge in [0.15, 0.2) is 0 Å². The number of carbonyl (C=O) groups is 1. The van der Waals surface area contributed by atoms with Gasteiger partial charge in [-0.25, -0.2) is 0 Å². The van der Waals surface area contributed by atoms with Crippen LogP contribution in [0.3, 0.4) is 0 Å². The lowest BCUT2D eigenvalue weighted by molar-refractivity contribution is 0.102. The summed E-state index contributed by atoms with van der Waals surface area (Å²) >= 11 is 6.24. The van der Waals surface area contributed by atoms with Gasteiger partial charge in [-0.1, -0.05) is 11.6 Å². The van der Waals surface area contributed by atoms with Crippen molar-refractivity contribution in [2.45, 2.75) is 19.3 Å². The highest BCUT2D eigenvalue weighted by molar-refractivity contribution is 6.31. The smallest absolute Gasteiger partial charge is 0.256 e. The fourth-order valence-corrected chi connectivity index (χ4v) is 4.68. The molecule has 2 heterocycles. The SMILES string of the molecule is CN1CCN(c2ccc(NC(=O)c3c4c(nc5ccc(Cl)cc35)CCC4)cc2)CC1. The molecule has 2 aromatic carbocycles. The summed E-state index contributed by atoms with van der Waals surface area (Å²) in [6.07, 6.45) is 2.84. The van der Waals surface area contributed by atoms with Crippen LogP contribution in [0.2, 0.25) is 5.02 Å². The monoisotopic (exact) mass is 420 g/mol. The Balaban J connectivity index is 1.42. The molecule has 0 bridgehead atoms. The summed E-state index contributed by atoms with van der Waals surface area (Å²) in [5.41, 5.74) is 5.66. The van der Waals surface area contributed by atoms with Crippen molar-refractivity contribution in [1.29, 1.82) is 0 Å². The fraction of sp³-hybridized carbons (Fsp3) is 0.333. The van der Waals surface area contributed by atoms with E-state index < -0.39 is 0 Å². The number of nitrogens with zero attached hydrogens (tertiary/aromatic N) is 3. The largest absolute Gasteiger partial charge is 0.369 e. The van der Waals surface area contributed by atoms with Crippen LogP contribution in [0, 0.1) is 0 Å². The molecule has 0 spiro atoms. The summed E-state index contributed by atoms with van der Waals surface area (Å²) in [5, 5.41) is 4.55. The molecule has 6 heteroatoms. The highest BCUT2D eigenvalue weighted by Crippen LogP contribution is 2.32. The van der Waals surface area contributed by atoms with Crippen LogP contribution < -0.4 is 10.2 Å². The van der Waals surface area contributed by atoms with Crippen LogP contribution in [0.15, 0.2) is 42.5 Å². The first kappa shape index (κ1) is 19.3. The minimum Gasteiger partial charge on any atom is -0.369 e. The molecule has 1 aromatic heterocycles. The van der Waals surface area contributed by atoms with E-state index >= 15 is 0 Å². The summed E-state index contributed by atoms with van der Waals surface area (Å²) < 4.78 is 0. The van der Waals surface area contributed by atoms with Gasteiger partial charge in [-0.3, -0.25) is 9.78 Å². The molecule has 5 nitrogen and oxygen atoms in total. The van der Waals surface area contributed by atoms with Crippen molar-refractivity contribution in [2.75, 3.05) is 43.4 Å². The van der Waals surface area contributed by atoms with Crippen LogP contribution in [-0.4, -0.2) is 49.0 Å².